The van der Waals surface area contributed by atoms with Crippen molar-refractivity contribution in [3.63, 3.8) is 0 Å². The van der Waals surface area contributed by atoms with Crippen molar-refractivity contribution >= 4 is 23.1 Å². The van der Waals surface area contributed by atoms with Crippen molar-refractivity contribution in [3.8, 4) is 6.07 Å². The molecule has 2 aromatic rings. The number of rotatable bonds is 3. The Hall–Kier alpha value is -2.63. The summed E-state index contributed by atoms with van der Waals surface area (Å²) in [5, 5.41) is 16.7. The lowest BCUT2D eigenvalue weighted by Crippen LogP contribution is -2.30. The summed E-state index contributed by atoms with van der Waals surface area (Å²) in [5.41, 5.74) is 5.62. The van der Waals surface area contributed by atoms with E-state index in [1.807, 2.05) is 13.1 Å². The lowest BCUT2D eigenvalue weighted by molar-refractivity contribution is -0.0918. The lowest BCUT2D eigenvalue weighted by Gasteiger charge is -2.31. The van der Waals surface area contributed by atoms with Gasteiger partial charge in [-0.1, -0.05) is 24.3 Å². The fraction of sp³-hybridized carbons (Fsp3) is 0.263. The normalized spacial score (nSPS) is 18.4. The van der Waals surface area contributed by atoms with Crippen LogP contribution < -0.4 is 5.73 Å². The summed E-state index contributed by atoms with van der Waals surface area (Å²) >= 11 is 1.40. The highest BCUT2D eigenvalue weighted by atomic mass is 32.1. The molecular weight excluding hydrogens is 373 g/mol. The molecule has 0 saturated carbocycles. The third-order valence-corrected chi connectivity index (χ3v) is 5.64. The summed E-state index contributed by atoms with van der Waals surface area (Å²) in [7, 11) is 1.93. The average molecular weight is 390 g/mol. The molecule has 1 atom stereocenters. The van der Waals surface area contributed by atoms with E-state index in [2.05, 4.69) is 11.0 Å². The molecule has 2 heterocycles. The van der Waals surface area contributed by atoms with Crippen LogP contribution in [0.2, 0.25) is 0 Å². The quantitative estimate of drug-likeness (QED) is 0.776. The lowest BCUT2D eigenvalue weighted by atomic mass is 9.83. The zero-order valence-corrected chi connectivity index (χ0v) is 15.3. The van der Waals surface area contributed by atoms with Crippen molar-refractivity contribution in [1.29, 1.82) is 10.7 Å². The Morgan fingerprint density at radius 2 is 2.07 bits per heavy atom. The molecule has 4 nitrogen and oxygen atoms in total. The molecule has 1 aromatic heterocycles. The van der Waals surface area contributed by atoms with Gasteiger partial charge in [0.05, 0.1) is 0 Å². The van der Waals surface area contributed by atoms with Crippen molar-refractivity contribution < 1.29 is 13.2 Å². The topological polar surface area (TPSA) is 76.9 Å². The first-order valence-electron chi connectivity index (χ1n) is 8.14. The number of benzene rings is 1. The van der Waals surface area contributed by atoms with Crippen LogP contribution in [0.1, 0.15) is 32.4 Å². The van der Waals surface area contributed by atoms with Crippen molar-refractivity contribution in [2.75, 3.05) is 13.6 Å². The summed E-state index contributed by atoms with van der Waals surface area (Å²) in [6.45, 7) is 1.29. The number of hydrogen-bond acceptors (Lipinski definition) is 5. The number of nitriles is 1. The first kappa shape index (κ1) is 19.1. The van der Waals surface area contributed by atoms with E-state index in [9.17, 15) is 18.4 Å². The minimum absolute atomic E-state index is 0.204. The minimum Gasteiger partial charge on any atom is -0.394 e. The molecular formula is C19H17F3N4S. The third kappa shape index (κ3) is 3.61. The van der Waals surface area contributed by atoms with Crippen LogP contribution in [-0.2, 0) is 6.54 Å². The Kier molecular flexibility index (Phi) is 5.09. The van der Waals surface area contributed by atoms with E-state index >= 15 is 0 Å². The van der Waals surface area contributed by atoms with Crippen LogP contribution in [0.25, 0.3) is 5.57 Å². The van der Waals surface area contributed by atoms with Gasteiger partial charge in [0.25, 0.3) is 0 Å². The Balaban J connectivity index is 2.20. The van der Waals surface area contributed by atoms with Crippen molar-refractivity contribution in [2.45, 2.75) is 18.6 Å². The number of hydrogen-bond donors (Lipinski definition) is 2. The second-order valence-electron chi connectivity index (χ2n) is 6.41. The maximum Gasteiger partial charge on any atom is 0.431 e. The Bertz CT molecular complexity index is 953. The van der Waals surface area contributed by atoms with E-state index in [1.165, 1.54) is 11.3 Å². The average Bonchev–Trinajstić information content (AvgIpc) is 3.04. The van der Waals surface area contributed by atoms with Crippen LogP contribution in [0.4, 0.5) is 13.2 Å². The number of nitrogens with zero attached hydrogens (tertiary/aromatic N) is 2. The summed E-state index contributed by atoms with van der Waals surface area (Å²) in [6.07, 6.45) is -4.06. The van der Waals surface area contributed by atoms with E-state index in [0.717, 1.165) is 10.4 Å². The van der Waals surface area contributed by atoms with Crippen molar-refractivity contribution in [2.24, 2.45) is 5.73 Å². The van der Waals surface area contributed by atoms with Crippen LogP contribution in [0.3, 0.4) is 0 Å². The van der Waals surface area contributed by atoms with Gasteiger partial charge in [-0.05, 0) is 29.8 Å². The highest BCUT2D eigenvalue weighted by Crippen LogP contribution is 2.40. The highest BCUT2D eigenvalue weighted by Gasteiger charge is 2.36. The molecule has 0 aliphatic carbocycles. The third-order valence-electron chi connectivity index (χ3n) is 4.60. The Morgan fingerprint density at radius 3 is 2.70 bits per heavy atom. The standard InChI is InChI=1S/C19H17F3N4S/c1-26-9-16(14-6-11(7-23)27-17(14)10-26)13-5-3-2-4-12(13)15(8-24)18(25)19(20,21)22/h2-6,8,16,24H,9-10,25H2,1H3/b18-15+,24-8?/t16-/m0/s1. The molecule has 27 heavy (non-hydrogen) atoms. The Morgan fingerprint density at radius 1 is 1.37 bits per heavy atom. The van der Waals surface area contributed by atoms with E-state index in [1.54, 1.807) is 24.3 Å². The van der Waals surface area contributed by atoms with Crippen molar-refractivity contribution in [3.05, 3.63) is 62.5 Å². The minimum atomic E-state index is -4.72. The van der Waals surface area contributed by atoms with Crippen LogP contribution >= 0.6 is 11.3 Å². The predicted octanol–water partition coefficient (Wildman–Crippen LogP) is 4.08. The molecule has 1 aliphatic rings. The van der Waals surface area contributed by atoms with E-state index < -0.39 is 11.9 Å². The molecule has 0 bridgehead atoms. The number of nitrogens with one attached hydrogen (secondary N) is 1. The smallest absolute Gasteiger partial charge is 0.394 e. The fourth-order valence-electron chi connectivity index (χ4n) is 3.40. The molecule has 0 fully saturated rings. The van der Waals surface area contributed by atoms with Crippen LogP contribution in [0.5, 0.6) is 0 Å². The van der Waals surface area contributed by atoms with Crippen LogP contribution in [0.15, 0.2) is 36.0 Å². The molecule has 0 amide bonds. The fourth-order valence-corrected chi connectivity index (χ4v) is 4.50. The first-order valence-corrected chi connectivity index (χ1v) is 8.95. The summed E-state index contributed by atoms with van der Waals surface area (Å²) in [5.74, 6) is -0.204. The van der Waals surface area contributed by atoms with Crippen molar-refractivity contribution in [1.82, 2.24) is 4.90 Å². The van der Waals surface area contributed by atoms with E-state index in [-0.39, 0.29) is 11.5 Å². The van der Waals surface area contributed by atoms with E-state index in [4.69, 9.17) is 11.1 Å². The molecule has 0 spiro atoms. The first-order chi connectivity index (χ1) is 12.8. The monoisotopic (exact) mass is 390 g/mol. The second-order valence-corrected chi connectivity index (χ2v) is 7.54. The molecule has 3 rings (SSSR count). The van der Waals surface area contributed by atoms with Gasteiger partial charge in [-0.25, -0.2) is 0 Å². The largest absolute Gasteiger partial charge is 0.431 e. The number of likely N-dealkylation sites (N-methyl/N-ethyl adjacent to an activating group) is 1. The SMILES string of the molecule is CN1Cc2sc(C#N)cc2[C@H](c2ccccc2/C(C=N)=C(/N)C(F)(F)F)C1. The molecule has 0 unspecified atom stereocenters. The van der Waals surface area contributed by atoms with Gasteiger partial charge in [0.1, 0.15) is 16.6 Å². The summed E-state index contributed by atoms with van der Waals surface area (Å²) in [6, 6.07) is 10.7. The number of allylic oxidation sites excluding steroid dienone is 2. The van der Waals surface area contributed by atoms with Gasteiger partial charge in [0.15, 0.2) is 0 Å². The molecule has 1 aromatic carbocycles. The molecule has 140 valence electrons. The summed E-state index contributed by atoms with van der Waals surface area (Å²) < 4.78 is 39.5. The second kappa shape index (κ2) is 7.18. The Labute approximate surface area is 158 Å². The number of halogens is 3. The predicted molar refractivity (Wildman–Crippen MR) is 99.6 cm³/mol. The van der Waals surface area contributed by atoms with Gasteiger partial charge in [-0.2, -0.15) is 18.4 Å². The number of thiophene rings is 1. The van der Waals surface area contributed by atoms with Gasteiger partial charge >= 0.3 is 6.18 Å². The highest BCUT2D eigenvalue weighted by molar-refractivity contribution is 7.12. The zero-order valence-electron chi connectivity index (χ0n) is 14.5. The maximum absolute atomic E-state index is 13.2. The number of alkyl halides is 3. The van der Waals surface area contributed by atoms with Gasteiger partial charge in [-0.3, -0.25) is 0 Å². The molecule has 0 radical (unpaired) electrons. The van der Waals surface area contributed by atoms with Gasteiger partial charge in [0.2, 0.25) is 0 Å². The van der Waals surface area contributed by atoms with Crippen LogP contribution in [-0.4, -0.2) is 30.9 Å². The van der Waals surface area contributed by atoms with Gasteiger partial charge in [0, 0.05) is 35.7 Å². The van der Waals surface area contributed by atoms with Gasteiger partial charge in [-0.15, -0.1) is 11.3 Å². The number of nitrogens with two attached hydrogens (primary N) is 1. The maximum atomic E-state index is 13.2. The molecule has 0 saturated heterocycles. The van der Waals surface area contributed by atoms with E-state index in [0.29, 0.717) is 35.3 Å². The number of fused-ring (bicyclic) bond motifs is 1. The summed E-state index contributed by atoms with van der Waals surface area (Å²) in [4.78, 5) is 3.68. The molecule has 3 N–H and O–H groups in total. The van der Waals surface area contributed by atoms with Crippen LogP contribution in [0, 0.1) is 16.7 Å². The van der Waals surface area contributed by atoms with Gasteiger partial charge < -0.3 is 16.0 Å². The molecule has 1 aliphatic heterocycles. The zero-order chi connectivity index (χ0) is 19.8. The molecule has 8 heteroatoms.